The molecule has 1 rings (SSSR count). The molecule has 15 heavy (non-hydrogen) atoms. The molecule has 0 fully saturated rings. The highest BCUT2D eigenvalue weighted by Crippen LogP contribution is 2.31. The van der Waals surface area contributed by atoms with Crippen molar-refractivity contribution in [3.63, 3.8) is 0 Å². The Balaban J connectivity index is 2.84. The summed E-state index contributed by atoms with van der Waals surface area (Å²) in [5.74, 6) is 0.699. The van der Waals surface area contributed by atoms with Gasteiger partial charge < -0.3 is 10.1 Å². The highest BCUT2D eigenvalue weighted by atomic mass is 35.5. The van der Waals surface area contributed by atoms with Crippen molar-refractivity contribution in [2.45, 2.75) is 19.9 Å². The van der Waals surface area contributed by atoms with Crippen LogP contribution in [0.15, 0.2) is 12.1 Å². The molecule has 0 atom stereocenters. The van der Waals surface area contributed by atoms with Crippen LogP contribution in [0.2, 0.25) is 10.0 Å². The molecule has 0 aliphatic carbocycles. The Morgan fingerprint density at radius 1 is 1.33 bits per heavy atom. The summed E-state index contributed by atoms with van der Waals surface area (Å²) in [6.07, 6.45) is 1.09. The fourth-order valence-electron chi connectivity index (χ4n) is 1.37. The number of hydrogen-bond donors (Lipinski definition) is 1. The highest BCUT2D eigenvalue weighted by molar-refractivity contribution is 6.35. The van der Waals surface area contributed by atoms with Crippen LogP contribution < -0.4 is 10.1 Å². The van der Waals surface area contributed by atoms with E-state index in [0.717, 1.165) is 25.1 Å². The van der Waals surface area contributed by atoms with E-state index in [1.807, 2.05) is 6.07 Å². The molecule has 1 aromatic rings. The largest absolute Gasteiger partial charge is 0.495 e. The second-order valence-corrected chi connectivity index (χ2v) is 4.10. The standard InChI is InChI=1S/C11H15Cl2NO/c1-3-4-14-7-8-5-9(12)6-10(13)11(8)15-2/h5-6,14H,3-4,7H2,1-2H3. The Morgan fingerprint density at radius 3 is 2.67 bits per heavy atom. The molecule has 0 radical (unpaired) electrons. The van der Waals surface area contributed by atoms with Crippen molar-refractivity contribution in [3.8, 4) is 5.75 Å². The molecule has 0 heterocycles. The van der Waals surface area contributed by atoms with Crippen LogP contribution in [-0.2, 0) is 6.54 Å². The maximum absolute atomic E-state index is 6.01. The number of nitrogens with one attached hydrogen (secondary N) is 1. The van der Waals surface area contributed by atoms with Gasteiger partial charge in [0.25, 0.3) is 0 Å². The van der Waals surface area contributed by atoms with Crippen LogP contribution in [0.1, 0.15) is 18.9 Å². The van der Waals surface area contributed by atoms with Crippen molar-refractivity contribution < 1.29 is 4.74 Å². The minimum Gasteiger partial charge on any atom is -0.495 e. The fourth-order valence-corrected chi connectivity index (χ4v) is 1.99. The van der Waals surface area contributed by atoms with Gasteiger partial charge in [-0.25, -0.2) is 0 Å². The lowest BCUT2D eigenvalue weighted by Gasteiger charge is -2.11. The van der Waals surface area contributed by atoms with Gasteiger partial charge in [0.1, 0.15) is 5.75 Å². The molecule has 0 aliphatic heterocycles. The molecule has 0 saturated heterocycles. The second kappa shape index (κ2) is 6.21. The molecule has 0 unspecified atom stereocenters. The molecule has 0 saturated carbocycles. The van der Waals surface area contributed by atoms with E-state index in [0.29, 0.717) is 15.8 Å². The fraction of sp³-hybridized carbons (Fsp3) is 0.455. The maximum Gasteiger partial charge on any atom is 0.142 e. The Morgan fingerprint density at radius 2 is 2.07 bits per heavy atom. The number of halogens is 2. The van der Waals surface area contributed by atoms with E-state index in [1.165, 1.54) is 0 Å². The summed E-state index contributed by atoms with van der Waals surface area (Å²) in [5, 5.41) is 4.47. The lowest BCUT2D eigenvalue weighted by atomic mass is 10.2. The maximum atomic E-state index is 6.01. The summed E-state index contributed by atoms with van der Waals surface area (Å²) in [5.41, 5.74) is 0.989. The van der Waals surface area contributed by atoms with Gasteiger partial charge in [0.2, 0.25) is 0 Å². The highest BCUT2D eigenvalue weighted by Gasteiger charge is 2.08. The van der Waals surface area contributed by atoms with Gasteiger partial charge in [-0.3, -0.25) is 0 Å². The van der Waals surface area contributed by atoms with E-state index >= 15 is 0 Å². The average molecular weight is 248 g/mol. The van der Waals surface area contributed by atoms with Gasteiger partial charge in [-0.1, -0.05) is 30.1 Å². The Labute approximate surface area is 101 Å². The SMILES string of the molecule is CCCNCc1cc(Cl)cc(Cl)c1OC. The first-order chi connectivity index (χ1) is 7.19. The molecule has 0 bridgehead atoms. The lowest BCUT2D eigenvalue weighted by molar-refractivity contribution is 0.408. The van der Waals surface area contributed by atoms with Crippen LogP contribution >= 0.6 is 23.2 Å². The third-order valence-electron chi connectivity index (χ3n) is 2.03. The predicted molar refractivity (Wildman–Crippen MR) is 65.0 cm³/mol. The Hall–Kier alpha value is -0.440. The molecular weight excluding hydrogens is 233 g/mol. The van der Waals surface area contributed by atoms with Gasteiger partial charge >= 0.3 is 0 Å². The topological polar surface area (TPSA) is 21.3 Å². The molecule has 0 aromatic heterocycles. The van der Waals surface area contributed by atoms with E-state index in [9.17, 15) is 0 Å². The smallest absolute Gasteiger partial charge is 0.142 e. The lowest BCUT2D eigenvalue weighted by Crippen LogP contribution is -2.14. The number of benzene rings is 1. The van der Waals surface area contributed by atoms with E-state index < -0.39 is 0 Å². The molecule has 4 heteroatoms. The van der Waals surface area contributed by atoms with Crippen LogP contribution in [0.5, 0.6) is 5.75 Å². The molecule has 1 N–H and O–H groups in total. The minimum absolute atomic E-state index is 0.554. The first kappa shape index (κ1) is 12.6. The summed E-state index contributed by atoms with van der Waals surface area (Å²) in [7, 11) is 1.61. The molecule has 0 spiro atoms. The molecule has 0 aliphatic rings. The first-order valence-electron chi connectivity index (χ1n) is 4.91. The van der Waals surface area contributed by atoms with E-state index in [1.54, 1.807) is 13.2 Å². The van der Waals surface area contributed by atoms with Crippen molar-refractivity contribution in [2.24, 2.45) is 0 Å². The van der Waals surface area contributed by atoms with Gasteiger partial charge in [-0.15, -0.1) is 0 Å². The first-order valence-corrected chi connectivity index (χ1v) is 5.67. The normalized spacial score (nSPS) is 10.4. The van der Waals surface area contributed by atoms with Crippen LogP contribution in [0.4, 0.5) is 0 Å². The average Bonchev–Trinajstić information content (AvgIpc) is 2.17. The Bertz CT molecular complexity index is 329. The predicted octanol–water partition coefficient (Wildman–Crippen LogP) is 3.50. The zero-order valence-electron chi connectivity index (χ0n) is 8.94. The summed E-state index contributed by atoms with van der Waals surface area (Å²) in [4.78, 5) is 0. The monoisotopic (exact) mass is 247 g/mol. The minimum atomic E-state index is 0.554. The second-order valence-electron chi connectivity index (χ2n) is 3.26. The van der Waals surface area contributed by atoms with Gasteiger partial charge in [0.05, 0.1) is 12.1 Å². The third-order valence-corrected chi connectivity index (χ3v) is 2.53. The number of ether oxygens (including phenoxy) is 1. The quantitative estimate of drug-likeness (QED) is 0.805. The molecular formula is C11H15Cl2NO. The van der Waals surface area contributed by atoms with Gasteiger partial charge in [-0.05, 0) is 25.1 Å². The van der Waals surface area contributed by atoms with Crippen molar-refractivity contribution in [2.75, 3.05) is 13.7 Å². The van der Waals surface area contributed by atoms with Crippen molar-refractivity contribution >= 4 is 23.2 Å². The summed E-state index contributed by atoms with van der Waals surface area (Å²) < 4.78 is 5.23. The van der Waals surface area contributed by atoms with E-state index in [4.69, 9.17) is 27.9 Å². The van der Waals surface area contributed by atoms with E-state index in [2.05, 4.69) is 12.2 Å². The summed E-state index contributed by atoms with van der Waals surface area (Å²) in [6, 6.07) is 3.56. The van der Waals surface area contributed by atoms with Crippen molar-refractivity contribution in [3.05, 3.63) is 27.7 Å². The molecule has 0 amide bonds. The van der Waals surface area contributed by atoms with Gasteiger partial charge in [0.15, 0.2) is 0 Å². The van der Waals surface area contributed by atoms with Crippen LogP contribution in [0.3, 0.4) is 0 Å². The van der Waals surface area contributed by atoms with E-state index in [-0.39, 0.29) is 0 Å². The molecule has 84 valence electrons. The zero-order valence-corrected chi connectivity index (χ0v) is 10.5. The molecule has 1 aromatic carbocycles. The number of hydrogen-bond acceptors (Lipinski definition) is 2. The van der Waals surface area contributed by atoms with Crippen LogP contribution in [0.25, 0.3) is 0 Å². The summed E-state index contributed by atoms with van der Waals surface area (Å²) in [6.45, 7) is 3.81. The van der Waals surface area contributed by atoms with Gasteiger partial charge in [0, 0.05) is 17.1 Å². The molecule has 2 nitrogen and oxygen atoms in total. The number of rotatable bonds is 5. The van der Waals surface area contributed by atoms with Crippen LogP contribution in [0, 0.1) is 0 Å². The van der Waals surface area contributed by atoms with Gasteiger partial charge in [-0.2, -0.15) is 0 Å². The van der Waals surface area contributed by atoms with Crippen molar-refractivity contribution in [1.82, 2.24) is 5.32 Å². The van der Waals surface area contributed by atoms with Crippen molar-refractivity contribution in [1.29, 1.82) is 0 Å². The number of methoxy groups -OCH3 is 1. The summed E-state index contributed by atoms with van der Waals surface area (Å²) >= 11 is 11.9. The van der Waals surface area contributed by atoms with Crippen LogP contribution in [-0.4, -0.2) is 13.7 Å². The zero-order chi connectivity index (χ0) is 11.3. The third kappa shape index (κ3) is 3.56. The Kier molecular flexibility index (Phi) is 5.23.